The number of nitrogens with one attached hydrogen (secondary N) is 1. The van der Waals surface area contributed by atoms with Crippen molar-refractivity contribution in [3.05, 3.63) is 58.7 Å². The fraction of sp³-hybridized carbons (Fsp3) is 0.400. The molecular weight excluding hydrogens is 496 g/mol. The molecule has 5 nitrogen and oxygen atoms in total. The van der Waals surface area contributed by atoms with Gasteiger partial charge in [0.25, 0.3) is 0 Å². The monoisotopic (exact) mass is 530 g/mol. The van der Waals surface area contributed by atoms with Gasteiger partial charge in [-0.15, -0.1) is 11.3 Å². The molecule has 3 aromatic heterocycles. The van der Waals surface area contributed by atoms with Gasteiger partial charge in [-0.2, -0.15) is 0 Å². The summed E-state index contributed by atoms with van der Waals surface area (Å²) < 4.78 is 9.02. The molecule has 1 unspecified atom stereocenters. The summed E-state index contributed by atoms with van der Waals surface area (Å²) in [6.45, 7) is 13.1. The Hall–Kier alpha value is -2.74. The van der Waals surface area contributed by atoms with Crippen molar-refractivity contribution in [2.45, 2.75) is 64.7 Å². The summed E-state index contributed by atoms with van der Waals surface area (Å²) in [6.07, 6.45) is 3.73. The molecule has 2 aliphatic rings. The summed E-state index contributed by atoms with van der Waals surface area (Å²) in [5.74, 6) is 0.241. The van der Waals surface area contributed by atoms with E-state index in [1.807, 2.05) is 23.7 Å². The Labute approximate surface area is 222 Å². The van der Waals surface area contributed by atoms with Gasteiger partial charge < -0.3 is 14.0 Å². The van der Waals surface area contributed by atoms with Crippen molar-refractivity contribution in [3.8, 4) is 0 Å². The van der Waals surface area contributed by atoms with Crippen molar-refractivity contribution in [2.75, 3.05) is 6.61 Å². The number of hydrogen-bond donors (Lipinski definition) is 1. The Kier molecular flexibility index (Phi) is 5.75. The predicted octanol–water partition coefficient (Wildman–Crippen LogP) is 7.22. The van der Waals surface area contributed by atoms with Crippen molar-refractivity contribution in [2.24, 2.45) is 5.92 Å². The molecule has 4 heterocycles. The molecule has 6 rings (SSSR count). The minimum Gasteiger partial charge on any atom is -0.417 e. The number of rotatable bonds is 5. The van der Waals surface area contributed by atoms with Crippen LogP contribution in [0.5, 0.6) is 0 Å². The molecule has 1 atom stereocenters. The number of Topliss-reactive ketones (excluding diaryl/α,β-unsaturated/α-hetero) is 2. The quantitative estimate of drug-likeness (QED) is 0.219. The first-order chi connectivity index (χ1) is 17.6. The molecule has 0 bridgehead atoms. The first kappa shape index (κ1) is 24.6. The van der Waals surface area contributed by atoms with E-state index in [-0.39, 0.29) is 23.0 Å². The normalized spacial score (nSPS) is 19.0. The highest BCUT2D eigenvalue weighted by Crippen LogP contribution is 2.45. The second kappa shape index (κ2) is 8.65. The number of carbonyl (C=O) groups is 2. The average molecular weight is 531 g/mol. The number of benzene rings is 1. The van der Waals surface area contributed by atoms with E-state index in [2.05, 4.69) is 61.6 Å². The number of hydrogen-bond acceptors (Lipinski definition) is 4. The van der Waals surface area contributed by atoms with Gasteiger partial charge in [0.15, 0.2) is 19.9 Å². The van der Waals surface area contributed by atoms with Gasteiger partial charge >= 0.3 is 0 Å². The molecule has 0 spiro atoms. The lowest BCUT2D eigenvalue weighted by Crippen LogP contribution is -2.42. The third-order valence-corrected chi connectivity index (χ3v) is 14.1. The van der Waals surface area contributed by atoms with Crippen LogP contribution in [0, 0.1) is 5.92 Å². The zero-order valence-electron chi connectivity index (χ0n) is 22.2. The van der Waals surface area contributed by atoms with Gasteiger partial charge in [0.05, 0.1) is 6.42 Å². The van der Waals surface area contributed by atoms with Crippen LogP contribution in [0.3, 0.4) is 0 Å². The fourth-order valence-corrected chi connectivity index (χ4v) is 7.54. The Morgan fingerprint density at radius 2 is 1.84 bits per heavy atom. The molecule has 1 aliphatic carbocycles. The number of para-hydroxylation sites is 1. The van der Waals surface area contributed by atoms with Crippen molar-refractivity contribution in [3.63, 3.8) is 0 Å². The first-order valence-corrected chi connectivity index (χ1v) is 17.0. The van der Waals surface area contributed by atoms with Crippen molar-refractivity contribution in [1.29, 1.82) is 0 Å². The number of aryl methyl sites for hydroxylation is 1. The van der Waals surface area contributed by atoms with Crippen LogP contribution in [-0.4, -0.2) is 36.0 Å². The van der Waals surface area contributed by atoms with Crippen LogP contribution in [0.1, 0.15) is 50.4 Å². The molecule has 0 amide bonds. The average Bonchev–Trinajstić information content (AvgIpc) is 3.59. The molecule has 0 radical (unpaired) electrons. The third-order valence-electron chi connectivity index (χ3n) is 8.76. The van der Waals surface area contributed by atoms with Crippen LogP contribution in [0.15, 0.2) is 41.9 Å². The van der Waals surface area contributed by atoms with Crippen molar-refractivity contribution in [1.82, 2.24) is 9.55 Å². The summed E-state index contributed by atoms with van der Waals surface area (Å²) in [5, 5.41) is 4.27. The smallest absolute Gasteiger partial charge is 0.191 e. The zero-order valence-corrected chi connectivity index (χ0v) is 24.1. The van der Waals surface area contributed by atoms with E-state index in [1.165, 1.54) is 5.69 Å². The second-order valence-electron chi connectivity index (χ2n) is 12.1. The van der Waals surface area contributed by atoms with Crippen LogP contribution in [0.25, 0.3) is 32.3 Å². The zero-order chi connectivity index (χ0) is 26.1. The van der Waals surface area contributed by atoms with E-state index in [9.17, 15) is 9.59 Å². The van der Waals surface area contributed by atoms with E-state index >= 15 is 0 Å². The van der Waals surface area contributed by atoms with E-state index < -0.39 is 8.32 Å². The summed E-state index contributed by atoms with van der Waals surface area (Å²) in [4.78, 5) is 31.2. The highest BCUT2D eigenvalue weighted by atomic mass is 32.1. The molecule has 1 aliphatic heterocycles. The standard InChI is InChI=1S/C30H34N2O3SSi/c1-30(2,3)37(4,5)35-17-18-10-12-32-22-9-7-6-8-20(22)26(23(32)14-18)28-25(34)15-24(33)27(28)21-16-31-29-19(21)11-13-36-29/h6-9,11,13,16,18,31H,10,12,14-15,17H2,1-5H3. The van der Waals surface area contributed by atoms with E-state index in [0.29, 0.717) is 17.1 Å². The van der Waals surface area contributed by atoms with Crippen molar-refractivity contribution >= 4 is 63.5 Å². The molecule has 0 saturated heterocycles. The summed E-state index contributed by atoms with van der Waals surface area (Å²) >= 11 is 1.61. The molecule has 7 heteroatoms. The number of H-pyrrole nitrogens is 1. The number of allylic oxidation sites excluding steroid dienone is 2. The minimum absolute atomic E-state index is 0.0572. The number of nitrogens with zero attached hydrogens (tertiary/aromatic N) is 1. The first-order valence-electron chi connectivity index (χ1n) is 13.2. The van der Waals surface area contributed by atoms with Crippen molar-refractivity contribution < 1.29 is 14.0 Å². The Morgan fingerprint density at radius 1 is 1.08 bits per heavy atom. The van der Waals surface area contributed by atoms with E-state index in [4.69, 9.17) is 4.43 Å². The van der Waals surface area contributed by atoms with Crippen LogP contribution in [0.2, 0.25) is 18.1 Å². The fourth-order valence-electron chi connectivity index (χ4n) is 5.68. The Morgan fingerprint density at radius 3 is 2.62 bits per heavy atom. The molecule has 4 aromatic rings. The number of aromatic nitrogens is 2. The molecular formula is C30H34N2O3SSi. The van der Waals surface area contributed by atoms with Crippen LogP contribution in [-0.2, 0) is 27.0 Å². The Bertz CT molecular complexity index is 1590. The highest BCUT2D eigenvalue weighted by Gasteiger charge is 2.40. The van der Waals surface area contributed by atoms with Gasteiger partial charge in [-0.05, 0) is 54.4 Å². The topological polar surface area (TPSA) is 64.1 Å². The maximum atomic E-state index is 13.5. The second-order valence-corrected chi connectivity index (χ2v) is 17.8. The predicted molar refractivity (Wildman–Crippen MR) is 155 cm³/mol. The number of thiophene rings is 1. The number of aromatic amines is 1. The van der Waals surface area contributed by atoms with E-state index in [1.54, 1.807) is 11.3 Å². The van der Waals surface area contributed by atoms with Crippen LogP contribution in [0.4, 0.5) is 0 Å². The number of ketones is 2. The molecule has 0 saturated carbocycles. The molecule has 1 N–H and O–H groups in total. The van der Waals surface area contributed by atoms with Crippen LogP contribution >= 0.6 is 11.3 Å². The van der Waals surface area contributed by atoms with Gasteiger partial charge in [-0.25, -0.2) is 0 Å². The van der Waals surface area contributed by atoms with Gasteiger partial charge in [0, 0.05) is 63.6 Å². The maximum Gasteiger partial charge on any atom is 0.191 e. The van der Waals surface area contributed by atoms with Gasteiger partial charge in [0.1, 0.15) is 4.83 Å². The van der Waals surface area contributed by atoms with Gasteiger partial charge in [-0.3, -0.25) is 9.59 Å². The van der Waals surface area contributed by atoms with Gasteiger partial charge in [-0.1, -0.05) is 39.0 Å². The summed E-state index contributed by atoms with van der Waals surface area (Å²) in [7, 11) is -1.86. The molecule has 37 heavy (non-hydrogen) atoms. The van der Waals surface area contributed by atoms with Crippen LogP contribution < -0.4 is 0 Å². The maximum absolute atomic E-state index is 13.5. The molecule has 1 aromatic carbocycles. The SMILES string of the molecule is CC(C)(C)[Si](C)(C)OCC1CCn2c(c(C3=C(c4c[nH]c5sccc45)C(=O)CC3=O)c3ccccc32)C1. The molecule has 192 valence electrons. The highest BCUT2D eigenvalue weighted by molar-refractivity contribution is 7.16. The summed E-state index contributed by atoms with van der Waals surface area (Å²) in [5.41, 5.74) is 5.30. The van der Waals surface area contributed by atoms with Gasteiger partial charge in [0.2, 0.25) is 0 Å². The Balaban J connectivity index is 1.48. The largest absolute Gasteiger partial charge is 0.417 e. The lowest BCUT2D eigenvalue weighted by molar-refractivity contribution is -0.119. The summed E-state index contributed by atoms with van der Waals surface area (Å²) in [6, 6.07) is 10.4. The molecule has 0 fully saturated rings. The number of fused-ring (bicyclic) bond motifs is 4. The number of carbonyl (C=O) groups excluding carboxylic acids is 2. The lowest BCUT2D eigenvalue weighted by atomic mass is 9.89. The van der Waals surface area contributed by atoms with E-state index in [0.717, 1.165) is 58.2 Å². The third kappa shape index (κ3) is 3.90. The minimum atomic E-state index is -1.86. The lowest BCUT2D eigenvalue weighted by Gasteiger charge is -2.38.